The molecule has 0 amide bonds. The van der Waals surface area contributed by atoms with Crippen LogP contribution in [0.15, 0.2) is 46.1 Å². The molecule has 0 aliphatic rings. The molecule has 0 radical (unpaired) electrons. The van der Waals surface area contributed by atoms with Gasteiger partial charge in [0.15, 0.2) is 11.0 Å². The molecule has 3 rings (SSSR count). The van der Waals surface area contributed by atoms with Crippen LogP contribution in [0.4, 0.5) is 0 Å². The summed E-state index contributed by atoms with van der Waals surface area (Å²) in [5, 5.41) is 13.5. The summed E-state index contributed by atoms with van der Waals surface area (Å²) in [6.07, 6.45) is 0.735. The van der Waals surface area contributed by atoms with Crippen LogP contribution in [0, 0.1) is 0 Å². The third kappa shape index (κ3) is 4.87. The van der Waals surface area contributed by atoms with Gasteiger partial charge in [0, 0.05) is 24.8 Å². The van der Waals surface area contributed by atoms with E-state index in [0.29, 0.717) is 11.7 Å². The fourth-order valence-electron chi connectivity index (χ4n) is 2.54. The second-order valence-corrected chi connectivity index (χ2v) is 7.30. The Labute approximate surface area is 164 Å². The third-order valence-electron chi connectivity index (χ3n) is 3.99. The van der Waals surface area contributed by atoms with E-state index in [1.54, 1.807) is 11.8 Å². The van der Waals surface area contributed by atoms with Gasteiger partial charge in [-0.3, -0.25) is 0 Å². The lowest BCUT2D eigenvalue weighted by atomic mass is 10.1. The zero-order valence-electron chi connectivity index (χ0n) is 15.1. The van der Waals surface area contributed by atoms with Crippen LogP contribution in [0.1, 0.15) is 48.6 Å². The predicted octanol–water partition coefficient (Wildman–Crippen LogP) is 3.88. The minimum atomic E-state index is -0.186. The lowest BCUT2D eigenvalue weighted by Gasteiger charge is -2.11. The number of nitrogens with zero attached hydrogens (tertiary/aromatic N) is 4. The zero-order valence-corrected chi connectivity index (χ0v) is 16.8. The summed E-state index contributed by atoms with van der Waals surface area (Å²) in [6, 6.07) is 12.0. The zero-order chi connectivity index (χ0) is 17.8. The Balaban J connectivity index is 0.00000243. The van der Waals surface area contributed by atoms with Gasteiger partial charge in [-0.25, -0.2) is 0 Å². The van der Waals surface area contributed by atoms with Gasteiger partial charge >= 0.3 is 0 Å². The maximum Gasteiger partial charge on any atom is 0.191 e. The molecule has 2 heterocycles. The van der Waals surface area contributed by atoms with Gasteiger partial charge in [0.2, 0.25) is 0 Å². The number of rotatable bonds is 7. The summed E-state index contributed by atoms with van der Waals surface area (Å²) in [7, 11) is 1.95. The van der Waals surface area contributed by atoms with E-state index in [9.17, 15) is 0 Å². The molecule has 0 saturated carbocycles. The Kier molecular flexibility index (Phi) is 7.25. The van der Waals surface area contributed by atoms with Gasteiger partial charge in [-0.15, -0.1) is 22.6 Å². The number of aromatic nitrogens is 4. The van der Waals surface area contributed by atoms with Crippen molar-refractivity contribution < 1.29 is 4.52 Å². The van der Waals surface area contributed by atoms with Crippen LogP contribution in [-0.4, -0.2) is 19.9 Å². The van der Waals surface area contributed by atoms with Crippen molar-refractivity contribution in [1.82, 2.24) is 19.9 Å². The van der Waals surface area contributed by atoms with Crippen molar-refractivity contribution in [1.29, 1.82) is 0 Å². The second kappa shape index (κ2) is 9.21. The van der Waals surface area contributed by atoms with Crippen molar-refractivity contribution in [3.05, 3.63) is 59.2 Å². The molecule has 3 aromatic rings. The number of nitrogens with two attached hydrogens (primary N) is 1. The maximum absolute atomic E-state index is 6.33. The fraction of sp³-hybridized carbons (Fsp3) is 0.389. The molecule has 2 N–H and O–H groups in total. The number of halogens is 1. The highest BCUT2D eigenvalue weighted by molar-refractivity contribution is 7.98. The number of benzene rings is 1. The molecule has 0 fully saturated rings. The molecule has 0 spiro atoms. The normalized spacial score (nSPS) is 12.2. The summed E-state index contributed by atoms with van der Waals surface area (Å²) in [5.74, 6) is 2.72. The van der Waals surface area contributed by atoms with E-state index in [-0.39, 0.29) is 18.4 Å². The summed E-state index contributed by atoms with van der Waals surface area (Å²) in [4.78, 5) is 0. The van der Waals surface area contributed by atoms with Gasteiger partial charge in [0.25, 0.3) is 0 Å². The Morgan fingerprint density at radius 1 is 1.19 bits per heavy atom. The average Bonchev–Trinajstić information content (AvgIpc) is 3.21. The first-order chi connectivity index (χ1) is 12.0. The molecule has 0 aliphatic carbocycles. The maximum atomic E-state index is 6.33. The monoisotopic (exact) mass is 393 g/mol. The Morgan fingerprint density at radius 2 is 1.92 bits per heavy atom. The topological polar surface area (TPSA) is 82.8 Å². The smallest absolute Gasteiger partial charge is 0.191 e. The van der Waals surface area contributed by atoms with E-state index in [1.165, 1.54) is 5.56 Å². The molecule has 1 unspecified atom stereocenters. The molecule has 26 heavy (non-hydrogen) atoms. The van der Waals surface area contributed by atoms with E-state index >= 15 is 0 Å². The first-order valence-corrected chi connectivity index (χ1v) is 9.30. The number of thioether (sulfide) groups is 1. The van der Waals surface area contributed by atoms with E-state index in [2.05, 4.69) is 41.3 Å². The van der Waals surface area contributed by atoms with Gasteiger partial charge in [-0.2, -0.15) is 0 Å². The molecule has 0 saturated heterocycles. The van der Waals surface area contributed by atoms with Gasteiger partial charge in [0.1, 0.15) is 5.76 Å². The Morgan fingerprint density at radius 3 is 2.58 bits per heavy atom. The summed E-state index contributed by atoms with van der Waals surface area (Å²) >= 11 is 1.58. The Bertz CT molecular complexity index is 818. The molecule has 1 aromatic carbocycles. The fourth-order valence-corrected chi connectivity index (χ4v) is 3.34. The van der Waals surface area contributed by atoms with Crippen LogP contribution < -0.4 is 5.73 Å². The van der Waals surface area contributed by atoms with Crippen LogP contribution in [-0.2, 0) is 19.2 Å². The van der Waals surface area contributed by atoms with Gasteiger partial charge in [0.05, 0.1) is 11.7 Å². The predicted molar refractivity (Wildman–Crippen MR) is 105 cm³/mol. The lowest BCUT2D eigenvalue weighted by Crippen LogP contribution is -2.18. The van der Waals surface area contributed by atoms with Crippen LogP contribution in [0.2, 0.25) is 0 Å². The largest absolute Gasteiger partial charge is 0.361 e. The van der Waals surface area contributed by atoms with Gasteiger partial charge in [-0.1, -0.05) is 61.1 Å². The molecular formula is C18H24ClN5OS. The highest BCUT2D eigenvalue weighted by Gasteiger charge is 2.17. The van der Waals surface area contributed by atoms with Crippen molar-refractivity contribution in [2.45, 2.75) is 43.1 Å². The standard InChI is InChI=1S/C18H23N5OS.ClH/c1-12(2)16-10-14(22-24-16)11-25-18-21-20-17(23(18)3)15(19)9-13-7-5-4-6-8-13;/h4-8,10,12,15H,9,11,19H2,1-3H3;1H. The van der Waals surface area contributed by atoms with Crippen molar-refractivity contribution in [3.8, 4) is 0 Å². The quantitative estimate of drug-likeness (QED) is 0.613. The molecule has 8 heteroatoms. The number of hydrogen-bond donors (Lipinski definition) is 1. The minimum absolute atomic E-state index is 0. The number of hydrogen-bond acceptors (Lipinski definition) is 6. The van der Waals surface area contributed by atoms with Crippen molar-refractivity contribution in [2.75, 3.05) is 0 Å². The molecule has 0 aliphatic heterocycles. The Hall–Kier alpha value is -1.83. The van der Waals surface area contributed by atoms with Crippen molar-refractivity contribution >= 4 is 24.2 Å². The third-order valence-corrected chi connectivity index (χ3v) is 5.05. The first-order valence-electron chi connectivity index (χ1n) is 8.31. The van der Waals surface area contributed by atoms with Gasteiger partial charge < -0.3 is 14.8 Å². The summed E-state index contributed by atoms with van der Waals surface area (Å²) < 4.78 is 7.29. The molecular weight excluding hydrogens is 370 g/mol. The van der Waals surface area contributed by atoms with E-state index in [0.717, 1.165) is 28.9 Å². The van der Waals surface area contributed by atoms with Crippen LogP contribution in [0.5, 0.6) is 0 Å². The van der Waals surface area contributed by atoms with Crippen LogP contribution >= 0.6 is 24.2 Å². The average molecular weight is 394 g/mol. The SMILES string of the molecule is CC(C)c1cc(CSc2nnc(C(N)Cc3ccccc3)n2C)no1.Cl. The van der Waals surface area contributed by atoms with E-state index < -0.39 is 0 Å². The highest BCUT2D eigenvalue weighted by Crippen LogP contribution is 2.24. The molecule has 0 bridgehead atoms. The second-order valence-electron chi connectivity index (χ2n) is 6.36. The van der Waals surface area contributed by atoms with Crippen molar-refractivity contribution in [3.63, 3.8) is 0 Å². The van der Waals surface area contributed by atoms with E-state index in [4.69, 9.17) is 10.3 Å². The molecule has 6 nitrogen and oxygen atoms in total. The highest BCUT2D eigenvalue weighted by atomic mass is 35.5. The minimum Gasteiger partial charge on any atom is -0.361 e. The molecule has 140 valence electrons. The lowest BCUT2D eigenvalue weighted by molar-refractivity contribution is 0.367. The van der Waals surface area contributed by atoms with Crippen molar-refractivity contribution in [2.24, 2.45) is 12.8 Å². The van der Waals surface area contributed by atoms with Gasteiger partial charge in [-0.05, 0) is 12.0 Å². The van der Waals surface area contributed by atoms with Crippen LogP contribution in [0.3, 0.4) is 0 Å². The molecule has 1 atom stereocenters. The summed E-state index contributed by atoms with van der Waals surface area (Å²) in [6.45, 7) is 4.17. The molecule has 2 aromatic heterocycles. The van der Waals surface area contributed by atoms with E-state index in [1.807, 2.05) is 35.9 Å². The van der Waals surface area contributed by atoms with Crippen LogP contribution in [0.25, 0.3) is 0 Å². The summed E-state index contributed by atoms with van der Waals surface area (Å²) in [5.41, 5.74) is 8.43. The first kappa shape index (κ1) is 20.5.